The van der Waals surface area contributed by atoms with E-state index in [1.54, 1.807) is 25.1 Å². The van der Waals surface area contributed by atoms with Gasteiger partial charge in [-0.25, -0.2) is 9.97 Å². The Labute approximate surface area is 193 Å². The molecule has 0 saturated heterocycles. The third-order valence-electron chi connectivity index (χ3n) is 4.03. The number of pyridine rings is 2. The molecule has 0 aliphatic carbocycles. The molecule has 0 amide bonds. The first-order valence-electron chi connectivity index (χ1n) is 9.90. The minimum absolute atomic E-state index is 0.00558. The van der Waals surface area contributed by atoms with E-state index in [1.165, 1.54) is 24.1 Å². The van der Waals surface area contributed by atoms with Crippen LogP contribution < -0.4 is 14.2 Å². The lowest BCUT2D eigenvalue weighted by atomic mass is 10.2. The van der Waals surface area contributed by atoms with Crippen molar-refractivity contribution in [2.75, 3.05) is 17.6 Å². The number of fused-ring (bicyclic) bond motifs is 1. The number of ether oxygens (including phenoxy) is 2. The fourth-order valence-electron chi connectivity index (χ4n) is 2.83. The van der Waals surface area contributed by atoms with Crippen molar-refractivity contribution < 1.29 is 22.6 Å². The second-order valence-corrected chi connectivity index (χ2v) is 10.6. The molecule has 0 aromatic carbocycles. The molecule has 3 heterocycles. The molecular weight excluding hydrogens is 461 g/mol. The Balaban J connectivity index is 2.06. The molecule has 0 fully saturated rings. The van der Waals surface area contributed by atoms with E-state index in [0.29, 0.717) is 28.5 Å². The molecule has 0 radical (unpaired) electrons. The Kier molecular flexibility index (Phi) is 7.39. The highest BCUT2D eigenvalue weighted by Crippen LogP contribution is 2.39. The zero-order valence-electron chi connectivity index (χ0n) is 18.4. The zero-order valence-corrected chi connectivity index (χ0v) is 20.0. The molecular formula is C21H25F3N4O2S2. The first kappa shape index (κ1) is 24.4. The highest BCUT2D eigenvalue weighted by atomic mass is 32.2. The van der Waals surface area contributed by atoms with Gasteiger partial charge in [0.25, 0.3) is 0 Å². The van der Waals surface area contributed by atoms with Gasteiger partial charge in [-0.05, 0) is 18.6 Å². The van der Waals surface area contributed by atoms with Crippen LogP contribution in [0.1, 0.15) is 34.1 Å². The van der Waals surface area contributed by atoms with Crippen LogP contribution >= 0.6 is 23.7 Å². The van der Waals surface area contributed by atoms with Gasteiger partial charge in [-0.15, -0.1) is 24.9 Å². The number of rotatable bonds is 8. The summed E-state index contributed by atoms with van der Waals surface area (Å²) in [5, 5.41) is 0. The van der Waals surface area contributed by atoms with Gasteiger partial charge in [0.2, 0.25) is 0 Å². The summed E-state index contributed by atoms with van der Waals surface area (Å²) in [6.07, 6.45) is -0.410. The summed E-state index contributed by atoms with van der Waals surface area (Å²) in [7, 11) is 1.61. The van der Waals surface area contributed by atoms with E-state index in [9.17, 15) is 13.2 Å². The van der Waals surface area contributed by atoms with Crippen LogP contribution in [0.3, 0.4) is 0 Å². The number of alkyl halides is 3. The van der Waals surface area contributed by atoms with E-state index < -0.39 is 6.36 Å². The molecule has 1 N–H and O–H groups in total. The summed E-state index contributed by atoms with van der Waals surface area (Å²) >= 11 is 2.91. The smallest absolute Gasteiger partial charge is 0.495 e. The molecule has 0 spiro atoms. The minimum Gasteiger partial charge on any atom is -0.495 e. The summed E-state index contributed by atoms with van der Waals surface area (Å²) in [4.78, 5) is 9.75. The van der Waals surface area contributed by atoms with Crippen LogP contribution in [0.25, 0.3) is 17.0 Å². The summed E-state index contributed by atoms with van der Waals surface area (Å²) in [5.74, 6) is 1.03. The van der Waals surface area contributed by atoms with Gasteiger partial charge in [-0.2, -0.15) is 0 Å². The van der Waals surface area contributed by atoms with E-state index in [2.05, 4.69) is 40.2 Å². The Morgan fingerprint density at radius 1 is 1.16 bits per heavy atom. The van der Waals surface area contributed by atoms with Crippen LogP contribution in [0.4, 0.5) is 19.0 Å². The molecule has 0 atom stereocenters. The average molecular weight is 487 g/mol. The average Bonchev–Trinajstić information content (AvgIpc) is 3.09. The molecule has 11 heteroatoms. The van der Waals surface area contributed by atoms with E-state index in [1.807, 2.05) is 23.6 Å². The minimum atomic E-state index is -4.81. The maximum absolute atomic E-state index is 12.8. The van der Waals surface area contributed by atoms with Crippen molar-refractivity contribution in [3.05, 3.63) is 30.6 Å². The van der Waals surface area contributed by atoms with E-state index in [-0.39, 0.29) is 16.3 Å². The number of thioether (sulfide) groups is 1. The van der Waals surface area contributed by atoms with Gasteiger partial charge in [0.1, 0.15) is 11.4 Å². The first-order chi connectivity index (χ1) is 15.0. The molecule has 3 aromatic rings. The second kappa shape index (κ2) is 9.70. The van der Waals surface area contributed by atoms with Crippen LogP contribution in [0.15, 0.2) is 35.5 Å². The monoisotopic (exact) mass is 486 g/mol. The quantitative estimate of drug-likeness (QED) is 0.217. The molecule has 0 unspecified atom stereocenters. The van der Waals surface area contributed by atoms with Crippen molar-refractivity contribution in [2.24, 2.45) is 0 Å². The largest absolute Gasteiger partial charge is 0.573 e. The number of halogens is 3. The lowest BCUT2D eigenvalue weighted by Crippen LogP contribution is -2.18. The van der Waals surface area contributed by atoms with Crippen molar-refractivity contribution in [2.45, 2.75) is 50.1 Å². The summed E-state index contributed by atoms with van der Waals surface area (Å²) in [6.45, 7) is 8.28. The van der Waals surface area contributed by atoms with Gasteiger partial charge < -0.3 is 14.2 Å². The van der Waals surface area contributed by atoms with Gasteiger partial charge in [-0.3, -0.25) is 4.40 Å². The first-order valence-corrected chi connectivity index (χ1v) is 11.7. The predicted molar refractivity (Wildman–Crippen MR) is 124 cm³/mol. The van der Waals surface area contributed by atoms with E-state index >= 15 is 0 Å². The summed E-state index contributed by atoms with van der Waals surface area (Å²) in [5.41, 5.74) is 1.74. The summed E-state index contributed by atoms with van der Waals surface area (Å²) in [6, 6.07) is 4.58. The lowest BCUT2D eigenvalue weighted by molar-refractivity contribution is -0.274. The maximum atomic E-state index is 12.8. The Bertz CT molecular complexity index is 1080. The van der Waals surface area contributed by atoms with Crippen molar-refractivity contribution >= 4 is 35.2 Å². The van der Waals surface area contributed by atoms with Crippen LogP contribution in [0.2, 0.25) is 0 Å². The SMILES string of the molecule is CCCSNc1nc(-c2cnc3cc(OC)c(SC(C)(C)C)cn23)ccc1OC(F)(F)F. The Morgan fingerprint density at radius 2 is 1.91 bits per heavy atom. The molecule has 6 nitrogen and oxygen atoms in total. The fraction of sp³-hybridized carbons (Fsp3) is 0.429. The number of imidazole rings is 1. The van der Waals surface area contributed by atoms with E-state index in [0.717, 1.165) is 11.3 Å². The maximum Gasteiger partial charge on any atom is 0.573 e. The predicted octanol–water partition coefficient (Wildman–Crippen LogP) is 6.66. The van der Waals surface area contributed by atoms with Gasteiger partial charge in [0, 0.05) is 22.8 Å². The van der Waals surface area contributed by atoms with Gasteiger partial charge in [-0.1, -0.05) is 39.6 Å². The number of hydrogen-bond acceptors (Lipinski definition) is 7. The lowest BCUT2D eigenvalue weighted by Gasteiger charge is -2.20. The number of methoxy groups -OCH3 is 1. The third kappa shape index (κ3) is 6.16. The van der Waals surface area contributed by atoms with Gasteiger partial charge in [0.05, 0.1) is 29.6 Å². The number of anilines is 1. The topological polar surface area (TPSA) is 60.7 Å². The standard InChI is InChI=1S/C21H25F3N4O2S2/c1-6-9-31-27-19-15(30-21(22,23)24)8-7-13(26-19)14-11-25-18-10-16(29-5)17(12-28(14)18)32-20(2,3)4/h7-8,10-12H,6,9H2,1-5H3,(H,26,27). The molecule has 0 aliphatic rings. The Hall–Kier alpha value is -2.27. The van der Waals surface area contributed by atoms with Crippen molar-refractivity contribution in [3.8, 4) is 22.9 Å². The van der Waals surface area contributed by atoms with Gasteiger partial charge in [0.15, 0.2) is 11.6 Å². The highest BCUT2D eigenvalue weighted by molar-refractivity contribution is 8.00. The van der Waals surface area contributed by atoms with Crippen molar-refractivity contribution in [1.29, 1.82) is 0 Å². The number of hydrogen-bond donors (Lipinski definition) is 1. The van der Waals surface area contributed by atoms with Crippen molar-refractivity contribution in [3.63, 3.8) is 0 Å². The van der Waals surface area contributed by atoms with Crippen LogP contribution in [0.5, 0.6) is 11.5 Å². The van der Waals surface area contributed by atoms with E-state index in [4.69, 9.17) is 4.74 Å². The molecule has 0 saturated carbocycles. The summed E-state index contributed by atoms with van der Waals surface area (Å²) < 4.78 is 52.8. The zero-order chi connectivity index (χ0) is 23.5. The third-order valence-corrected chi connectivity index (χ3v) is 6.12. The molecule has 32 heavy (non-hydrogen) atoms. The number of aromatic nitrogens is 3. The van der Waals surface area contributed by atoms with Crippen LogP contribution in [-0.4, -0.2) is 38.3 Å². The van der Waals surface area contributed by atoms with Gasteiger partial charge >= 0.3 is 6.36 Å². The van der Waals surface area contributed by atoms with Crippen LogP contribution in [-0.2, 0) is 0 Å². The molecule has 174 valence electrons. The normalized spacial score (nSPS) is 12.2. The van der Waals surface area contributed by atoms with Crippen molar-refractivity contribution in [1.82, 2.24) is 14.4 Å². The van der Waals surface area contributed by atoms with Crippen LogP contribution in [0, 0.1) is 0 Å². The molecule has 0 bridgehead atoms. The Morgan fingerprint density at radius 3 is 2.53 bits per heavy atom. The second-order valence-electron chi connectivity index (χ2n) is 7.83. The number of nitrogens with one attached hydrogen (secondary N) is 1. The number of nitrogens with zero attached hydrogens (tertiary/aromatic N) is 3. The fourth-order valence-corrected chi connectivity index (χ4v) is 4.48. The molecule has 3 aromatic heterocycles. The highest BCUT2D eigenvalue weighted by Gasteiger charge is 2.32. The molecule has 3 rings (SSSR count). The molecule has 0 aliphatic heterocycles.